The van der Waals surface area contributed by atoms with Gasteiger partial charge in [-0.3, -0.25) is 4.79 Å². The number of para-hydroxylation sites is 1. The van der Waals surface area contributed by atoms with Gasteiger partial charge in [0.1, 0.15) is 11.9 Å². The number of halogens is 1. The molecule has 21 heavy (non-hydrogen) atoms. The summed E-state index contributed by atoms with van der Waals surface area (Å²) in [6.45, 7) is 1.85. The van der Waals surface area contributed by atoms with E-state index in [1.165, 1.54) is 17.7 Å². The van der Waals surface area contributed by atoms with Crippen molar-refractivity contribution in [3.8, 4) is 0 Å². The molecule has 3 rings (SSSR count). The molecule has 2 N–H and O–H groups in total. The largest absolute Gasteiger partial charge is 0.373 e. The van der Waals surface area contributed by atoms with Crippen LogP contribution in [0.3, 0.4) is 0 Å². The number of benzene rings is 2. The molecule has 0 spiro atoms. The van der Waals surface area contributed by atoms with Gasteiger partial charge in [0.05, 0.1) is 0 Å². The number of rotatable bonds is 2. The number of fused-ring (bicyclic) bond motifs is 1. The van der Waals surface area contributed by atoms with Gasteiger partial charge in [-0.2, -0.15) is 0 Å². The SMILES string of the molecule is Cc1ccc(F)cc1NC(=O)C1CCc2ccccc2N1. The number of carbonyl (C=O) groups excluding carboxylic acids is 1. The molecule has 0 radical (unpaired) electrons. The zero-order valence-electron chi connectivity index (χ0n) is 11.8. The molecule has 0 saturated heterocycles. The van der Waals surface area contributed by atoms with Gasteiger partial charge >= 0.3 is 0 Å². The Morgan fingerprint density at radius 2 is 2.10 bits per heavy atom. The quantitative estimate of drug-likeness (QED) is 0.886. The summed E-state index contributed by atoms with van der Waals surface area (Å²) < 4.78 is 13.3. The van der Waals surface area contributed by atoms with Crippen molar-refractivity contribution in [2.75, 3.05) is 10.6 Å². The smallest absolute Gasteiger partial charge is 0.246 e. The summed E-state index contributed by atoms with van der Waals surface area (Å²) in [6, 6.07) is 12.1. The molecule has 0 saturated carbocycles. The highest BCUT2D eigenvalue weighted by Gasteiger charge is 2.23. The maximum Gasteiger partial charge on any atom is 0.246 e. The fraction of sp³-hybridized carbons (Fsp3) is 0.235. The highest BCUT2D eigenvalue weighted by Crippen LogP contribution is 2.25. The van der Waals surface area contributed by atoms with Gasteiger partial charge in [-0.15, -0.1) is 0 Å². The molecule has 0 fully saturated rings. The first-order valence-corrected chi connectivity index (χ1v) is 7.05. The van der Waals surface area contributed by atoms with E-state index in [0.717, 1.165) is 24.1 Å². The third-order valence-corrected chi connectivity index (χ3v) is 3.82. The van der Waals surface area contributed by atoms with E-state index in [2.05, 4.69) is 16.7 Å². The molecule has 108 valence electrons. The number of amides is 1. The standard InChI is InChI=1S/C17H17FN2O/c1-11-6-8-13(18)10-16(11)20-17(21)15-9-7-12-4-2-3-5-14(12)19-15/h2-6,8,10,15,19H,7,9H2,1H3,(H,20,21). The van der Waals surface area contributed by atoms with E-state index in [4.69, 9.17) is 0 Å². The lowest BCUT2D eigenvalue weighted by Gasteiger charge is -2.26. The molecule has 2 aromatic rings. The molecule has 1 amide bonds. The van der Waals surface area contributed by atoms with Crippen LogP contribution in [0.5, 0.6) is 0 Å². The third-order valence-electron chi connectivity index (χ3n) is 3.82. The van der Waals surface area contributed by atoms with Crippen molar-refractivity contribution in [2.24, 2.45) is 0 Å². The van der Waals surface area contributed by atoms with Gasteiger partial charge in [0.25, 0.3) is 0 Å². The molecule has 2 aromatic carbocycles. The predicted octanol–water partition coefficient (Wildman–Crippen LogP) is 3.50. The van der Waals surface area contributed by atoms with Gasteiger partial charge in [0.2, 0.25) is 5.91 Å². The molecule has 4 heteroatoms. The van der Waals surface area contributed by atoms with Crippen LogP contribution in [0, 0.1) is 12.7 Å². The Morgan fingerprint density at radius 1 is 1.29 bits per heavy atom. The molecular formula is C17H17FN2O. The summed E-state index contributed by atoms with van der Waals surface area (Å²) in [7, 11) is 0. The summed E-state index contributed by atoms with van der Waals surface area (Å²) in [5.74, 6) is -0.476. The molecule has 0 aliphatic carbocycles. The van der Waals surface area contributed by atoms with Gasteiger partial charge in [-0.25, -0.2) is 4.39 Å². The van der Waals surface area contributed by atoms with Crippen LogP contribution in [-0.2, 0) is 11.2 Å². The van der Waals surface area contributed by atoms with Gasteiger partial charge < -0.3 is 10.6 Å². The van der Waals surface area contributed by atoms with Gasteiger partial charge in [-0.05, 0) is 49.1 Å². The predicted molar refractivity (Wildman–Crippen MR) is 81.9 cm³/mol. The first-order chi connectivity index (χ1) is 10.1. The Bertz CT molecular complexity index is 684. The van der Waals surface area contributed by atoms with E-state index in [-0.39, 0.29) is 17.8 Å². The molecule has 1 aliphatic heterocycles. The minimum Gasteiger partial charge on any atom is -0.373 e. The second kappa shape index (κ2) is 5.56. The average molecular weight is 284 g/mol. The molecule has 1 atom stereocenters. The lowest BCUT2D eigenvalue weighted by atomic mass is 9.97. The van der Waals surface area contributed by atoms with E-state index in [9.17, 15) is 9.18 Å². The molecule has 0 aromatic heterocycles. The summed E-state index contributed by atoms with van der Waals surface area (Å²) in [6.07, 6.45) is 1.60. The second-order valence-corrected chi connectivity index (χ2v) is 5.34. The third kappa shape index (κ3) is 2.89. The Morgan fingerprint density at radius 3 is 2.95 bits per heavy atom. The number of hydrogen-bond donors (Lipinski definition) is 2. The Kier molecular flexibility index (Phi) is 3.60. The highest BCUT2D eigenvalue weighted by atomic mass is 19.1. The van der Waals surface area contributed by atoms with E-state index in [0.29, 0.717) is 5.69 Å². The minimum atomic E-state index is -0.349. The topological polar surface area (TPSA) is 41.1 Å². The maximum atomic E-state index is 13.3. The number of aryl methyl sites for hydroxylation is 2. The minimum absolute atomic E-state index is 0.127. The Hall–Kier alpha value is -2.36. The number of hydrogen-bond acceptors (Lipinski definition) is 2. The van der Waals surface area contributed by atoms with Crippen molar-refractivity contribution < 1.29 is 9.18 Å². The summed E-state index contributed by atoms with van der Waals surface area (Å²) in [5.41, 5.74) is 3.60. The van der Waals surface area contributed by atoms with Crippen molar-refractivity contribution in [1.82, 2.24) is 0 Å². The first-order valence-electron chi connectivity index (χ1n) is 7.05. The molecule has 3 nitrogen and oxygen atoms in total. The molecule has 1 heterocycles. The van der Waals surface area contributed by atoms with E-state index >= 15 is 0 Å². The van der Waals surface area contributed by atoms with Crippen LogP contribution in [0.15, 0.2) is 42.5 Å². The zero-order valence-corrected chi connectivity index (χ0v) is 11.8. The second-order valence-electron chi connectivity index (χ2n) is 5.34. The molecule has 1 aliphatic rings. The van der Waals surface area contributed by atoms with E-state index in [1.807, 2.05) is 25.1 Å². The van der Waals surface area contributed by atoms with Crippen LogP contribution in [0.25, 0.3) is 0 Å². The number of carbonyl (C=O) groups is 1. The van der Waals surface area contributed by atoms with E-state index in [1.54, 1.807) is 6.07 Å². The van der Waals surface area contributed by atoms with E-state index < -0.39 is 0 Å². The lowest BCUT2D eigenvalue weighted by molar-refractivity contribution is -0.117. The van der Waals surface area contributed by atoms with Gasteiger partial charge in [-0.1, -0.05) is 24.3 Å². The molecule has 0 bridgehead atoms. The van der Waals surface area contributed by atoms with Crippen LogP contribution in [0.4, 0.5) is 15.8 Å². The van der Waals surface area contributed by atoms with Crippen LogP contribution >= 0.6 is 0 Å². The highest BCUT2D eigenvalue weighted by molar-refractivity contribution is 5.97. The number of anilines is 2. The van der Waals surface area contributed by atoms with Crippen LogP contribution < -0.4 is 10.6 Å². The van der Waals surface area contributed by atoms with Gasteiger partial charge in [0, 0.05) is 11.4 Å². The number of nitrogens with one attached hydrogen (secondary N) is 2. The van der Waals surface area contributed by atoms with Crippen molar-refractivity contribution in [2.45, 2.75) is 25.8 Å². The maximum absolute atomic E-state index is 13.3. The van der Waals surface area contributed by atoms with Crippen molar-refractivity contribution in [3.05, 3.63) is 59.4 Å². The zero-order chi connectivity index (χ0) is 14.8. The van der Waals surface area contributed by atoms with Crippen molar-refractivity contribution in [1.29, 1.82) is 0 Å². The van der Waals surface area contributed by atoms with Crippen molar-refractivity contribution >= 4 is 17.3 Å². The molecule has 1 unspecified atom stereocenters. The van der Waals surface area contributed by atoms with Crippen LogP contribution in [-0.4, -0.2) is 11.9 Å². The Labute approximate surface area is 123 Å². The molecular weight excluding hydrogens is 267 g/mol. The fourth-order valence-corrected chi connectivity index (χ4v) is 2.58. The summed E-state index contributed by atoms with van der Waals surface area (Å²) in [4.78, 5) is 12.3. The first kappa shape index (κ1) is 13.6. The van der Waals surface area contributed by atoms with Crippen molar-refractivity contribution in [3.63, 3.8) is 0 Å². The average Bonchev–Trinajstić information content (AvgIpc) is 2.50. The monoisotopic (exact) mass is 284 g/mol. The lowest BCUT2D eigenvalue weighted by Crippen LogP contribution is -2.37. The van der Waals surface area contributed by atoms with Gasteiger partial charge in [0.15, 0.2) is 0 Å². The Balaban J connectivity index is 1.74. The normalized spacial score (nSPS) is 16.8. The summed E-state index contributed by atoms with van der Waals surface area (Å²) in [5, 5.41) is 6.06. The van der Waals surface area contributed by atoms with Crippen LogP contribution in [0.2, 0.25) is 0 Å². The fourth-order valence-electron chi connectivity index (χ4n) is 2.58. The van der Waals surface area contributed by atoms with Crippen LogP contribution in [0.1, 0.15) is 17.5 Å². The summed E-state index contributed by atoms with van der Waals surface area (Å²) >= 11 is 0.